The lowest BCUT2D eigenvalue weighted by Crippen LogP contribution is -2.39. The molecule has 2 N–H and O–H groups in total. The van der Waals surface area contributed by atoms with Crippen LogP contribution in [-0.2, 0) is 4.74 Å². The number of benzene rings is 1. The van der Waals surface area contributed by atoms with Crippen LogP contribution in [0, 0.1) is 5.82 Å². The zero-order valence-corrected chi connectivity index (χ0v) is 12.3. The first-order valence-corrected chi connectivity index (χ1v) is 7.65. The molecule has 1 unspecified atom stereocenters. The summed E-state index contributed by atoms with van der Waals surface area (Å²) < 4.78 is 18.6. The largest absolute Gasteiger partial charge is 0.385 e. The Hall–Kier alpha value is -1.27. The molecule has 0 spiro atoms. The first-order valence-electron chi connectivity index (χ1n) is 6.67. The Morgan fingerprint density at radius 1 is 1.55 bits per heavy atom. The van der Waals surface area contributed by atoms with Crippen molar-refractivity contribution < 1.29 is 13.9 Å². The average molecular weight is 298 g/mol. The summed E-state index contributed by atoms with van der Waals surface area (Å²) >= 11 is 1.51. The Balaban J connectivity index is 1.91. The molecule has 20 heavy (non-hydrogen) atoms. The van der Waals surface area contributed by atoms with Crippen molar-refractivity contribution in [3.8, 4) is 0 Å². The van der Waals surface area contributed by atoms with Gasteiger partial charge < -0.3 is 15.4 Å². The van der Waals surface area contributed by atoms with Gasteiger partial charge in [0.05, 0.1) is 6.04 Å². The summed E-state index contributed by atoms with van der Waals surface area (Å²) in [6, 6.07) is 4.68. The van der Waals surface area contributed by atoms with Crippen molar-refractivity contribution in [3.63, 3.8) is 0 Å². The van der Waals surface area contributed by atoms with Crippen LogP contribution in [0.4, 0.5) is 9.18 Å². The molecule has 1 aromatic rings. The van der Waals surface area contributed by atoms with Crippen LogP contribution >= 0.6 is 11.8 Å². The number of ether oxygens (including phenoxy) is 1. The highest BCUT2D eigenvalue weighted by atomic mass is 32.2. The normalized spacial score (nSPS) is 17.4. The predicted molar refractivity (Wildman–Crippen MR) is 77.5 cm³/mol. The van der Waals surface area contributed by atoms with Gasteiger partial charge in [0.1, 0.15) is 5.82 Å². The molecular weight excluding hydrogens is 279 g/mol. The number of halogens is 1. The zero-order valence-electron chi connectivity index (χ0n) is 11.4. The van der Waals surface area contributed by atoms with Gasteiger partial charge in [0.15, 0.2) is 0 Å². The monoisotopic (exact) mass is 298 g/mol. The molecule has 0 saturated carbocycles. The summed E-state index contributed by atoms with van der Waals surface area (Å²) in [6.45, 7) is 1.19. The van der Waals surface area contributed by atoms with E-state index in [1.54, 1.807) is 13.2 Å². The number of thioether (sulfide) groups is 1. The van der Waals surface area contributed by atoms with E-state index in [4.69, 9.17) is 4.74 Å². The molecule has 6 heteroatoms. The quantitative estimate of drug-likeness (QED) is 0.822. The van der Waals surface area contributed by atoms with Crippen LogP contribution in [0.15, 0.2) is 23.1 Å². The van der Waals surface area contributed by atoms with E-state index in [2.05, 4.69) is 10.6 Å². The Morgan fingerprint density at radius 3 is 3.20 bits per heavy atom. The highest BCUT2D eigenvalue weighted by Crippen LogP contribution is 2.37. The number of nitrogens with one attached hydrogen (secondary N) is 2. The minimum atomic E-state index is -0.215. The van der Waals surface area contributed by atoms with E-state index in [0.29, 0.717) is 18.0 Å². The van der Waals surface area contributed by atoms with E-state index >= 15 is 0 Å². The number of fused-ring (bicyclic) bond motifs is 1. The molecular formula is C14H19FN2O2S. The van der Waals surface area contributed by atoms with Gasteiger partial charge in [-0.3, -0.25) is 0 Å². The highest BCUT2D eigenvalue weighted by molar-refractivity contribution is 7.99. The van der Waals surface area contributed by atoms with Crippen molar-refractivity contribution in [2.75, 3.05) is 26.0 Å². The van der Waals surface area contributed by atoms with Crippen molar-refractivity contribution >= 4 is 17.8 Å². The third-order valence-electron chi connectivity index (χ3n) is 3.14. The summed E-state index contributed by atoms with van der Waals surface area (Å²) in [5.74, 6) is 0.599. The fourth-order valence-corrected chi connectivity index (χ4v) is 3.30. The van der Waals surface area contributed by atoms with E-state index in [0.717, 1.165) is 24.2 Å². The number of urea groups is 1. The number of amides is 2. The Morgan fingerprint density at radius 2 is 2.40 bits per heavy atom. The van der Waals surface area contributed by atoms with E-state index in [1.165, 1.54) is 17.8 Å². The molecule has 0 saturated heterocycles. The lowest BCUT2D eigenvalue weighted by atomic mass is 10.0. The lowest BCUT2D eigenvalue weighted by molar-refractivity contribution is 0.193. The molecule has 1 aliphatic rings. The summed E-state index contributed by atoms with van der Waals surface area (Å²) in [7, 11) is 1.63. The van der Waals surface area contributed by atoms with Crippen LogP contribution in [0.2, 0.25) is 0 Å². The summed E-state index contributed by atoms with van der Waals surface area (Å²) in [6.07, 6.45) is 1.59. The fourth-order valence-electron chi connectivity index (χ4n) is 2.16. The van der Waals surface area contributed by atoms with Crippen LogP contribution in [-0.4, -0.2) is 32.0 Å². The minimum absolute atomic E-state index is 0.121. The maximum Gasteiger partial charge on any atom is 0.315 e. The third kappa shape index (κ3) is 3.86. The van der Waals surface area contributed by atoms with Crippen molar-refractivity contribution in [3.05, 3.63) is 29.6 Å². The first-order chi connectivity index (χ1) is 9.72. The van der Waals surface area contributed by atoms with Gasteiger partial charge in [-0.1, -0.05) is 12.1 Å². The first kappa shape index (κ1) is 15.1. The van der Waals surface area contributed by atoms with Crippen LogP contribution < -0.4 is 10.6 Å². The Bertz CT molecular complexity index is 470. The number of methoxy groups -OCH3 is 1. The molecule has 2 amide bonds. The molecule has 4 nitrogen and oxygen atoms in total. The molecule has 0 aliphatic carbocycles. The topological polar surface area (TPSA) is 50.4 Å². The summed E-state index contributed by atoms with van der Waals surface area (Å²) in [5.41, 5.74) is 0.869. The number of hydrogen-bond acceptors (Lipinski definition) is 3. The van der Waals surface area contributed by atoms with Crippen molar-refractivity contribution in [2.24, 2.45) is 0 Å². The average Bonchev–Trinajstić information content (AvgIpc) is 2.45. The molecule has 1 aliphatic heterocycles. The van der Waals surface area contributed by atoms with Crippen molar-refractivity contribution in [1.29, 1.82) is 0 Å². The molecule has 0 fully saturated rings. The number of rotatable bonds is 5. The number of carbonyl (C=O) groups excluding carboxylic acids is 1. The van der Waals surface area contributed by atoms with Gasteiger partial charge in [-0.2, -0.15) is 0 Å². The maximum absolute atomic E-state index is 13.7. The van der Waals surface area contributed by atoms with Crippen LogP contribution in [0.3, 0.4) is 0 Å². The van der Waals surface area contributed by atoms with Gasteiger partial charge in [0.25, 0.3) is 0 Å². The van der Waals surface area contributed by atoms with Gasteiger partial charge in [-0.25, -0.2) is 9.18 Å². The maximum atomic E-state index is 13.7. The van der Waals surface area contributed by atoms with Crippen molar-refractivity contribution in [2.45, 2.75) is 23.8 Å². The molecule has 1 atom stereocenters. The van der Waals surface area contributed by atoms with Gasteiger partial charge in [-0.05, 0) is 24.5 Å². The van der Waals surface area contributed by atoms with E-state index in [1.807, 2.05) is 6.07 Å². The van der Waals surface area contributed by atoms with Gasteiger partial charge in [0.2, 0.25) is 0 Å². The standard InChI is InChI=1S/C14H19FN2O2S/c1-19-8-3-7-16-14(18)17-12-6-9-20-13-10(12)4-2-5-11(13)15/h2,4-5,12H,3,6-9H2,1H3,(H2,16,17,18). The highest BCUT2D eigenvalue weighted by Gasteiger charge is 2.24. The minimum Gasteiger partial charge on any atom is -0.385 e. The fraction of sp³-hybridized carbons (Fsp3) is 0.500. The van der Waals surface area contributed by atoms with Crippen LogP contribution in [0.1, 0.15) is 24.4 Å². The SMILES string of the molecule is COCCCNC(=O)NC1CCSc2c(F)cccc21. The van der Waals surface area contributed by atoms with E-state index in [9.17, 15) is 9.18 Å². The molecule has 0 aromatic heterocycles. The number of hydrogen-bond donors (Lipinski definition) is 2. The molecule has 110 valence electrons. The zero-order chi connectivity index (χ0) is 14.4. The van der Waals surface area contributed by atoms with Crippen LogP contribution in [0.25, 0.3) is 0 Å². The van der Waals surface area contributed by atoms with Crippen molar-refractivity contribution in [1.82, 2.24) is 10.6 Å². The van der Waals surface area contributed by atoms with Gasteiger partial charge in [-0.15, -0.1) is 11.8 Å². The summed E-state index contributed by atoms with van der Waals surface area (Å²) in [4.78, 5) is 12.5. The second-order valence-corrected chi connectivity index (χ2v) is 5.70. The second-order valence-electron chi connectivity index (χ2n) is 4.59. The predicted octanol–water partition coefficient (Wildman–Crippen LogP) is 2.70. The molecule has 2 rings (SSSR count). The van der Waals surface area contributed by atoms with E-state index in [-0.39, 0.29) is 17.9 Å². The second kappa shape index (κ2) is 7.50. The molecule has 0 bridgehead atoms. The molecule has 1 heterocycles. The Labute approximate surface area is 122 Å². The lowest BCUT2D eigenvalue weighted by Gasteiger charge is -2.26. The van der Waals surface area contributed by atoms with E-state index < -0.39 is 0 Å². The third-order valence-corrected chi connectivity index (χ3v) is 4.30. The van der Waals surface area contributed by atoms with Gasteiger partial charge in [0, 0.05) is 30.9 Å². The smallest absolute Gasteiger partial charge is 0.315 e. The summed E-state index contributed by atoms with van der Waals surface area (Å²) in [5, 5.41) is 5.69. The Kier molecular flexibility index (Phi) is 5.67. The van der Waals surface area contributed by atoms with Gasteiger partial charge >= 0.3 is 6.03 Å². The molecule has 1 aromatic carbocycles. The van der Waals surface area contributed by atoms with Crippen LogP contribution in [0.5, 0.6) is 0 Å². The molecule has 0 radical (unpaired) electrons. The number of carbonyl (C=O) groups is 1.